The minimum absolute atomic E-state index is 0.779. The first-order valence-corrected chi connectivity index (χ1v) is 6.42. The Morgan fingerprint density at radius 2 is 1.88 bits per heavy atom. The van der Waals surface area contributed by atoms with E-state index in [2.05, 4.69) is 4.90 Å². The van der Waals surface area contributed by atoms with E-state index < -0.39 is 0 Å². The molecular formula is C13H17ClN2. The van der Waals surface area contributed by atoms with E-state index in [0.717, 1.165) is 41.3 Å². The van der Waals surface area contributed by atoms with Crippen molar-refractivity contribution in [2.24, 2.45) is 11.8 Å². The van der Waals surface area contributed by atoms with Crippen LogP contribution in [0.1, 0.15) is 19.3 Å². The molecular weight excluding hydrogens is 220 g/mol. The van der Waals surface area contributed by atoms with Gasteiger partial charge in [0.1, 0.15) is 0 Å². The molecule has 86 valence electrons. The molecule has 1 saturated heterocycles. The second-order valence-corrected chi connectivity index (χ2v) is 5.50. The highest BCUT2D eigenvalue weighted by Crippen LogP contribution is 2.41. The second-order valence-electron chi connectivity index (χ2n) is 5.06. The van der Waals surface area contributed by atoms with Crippen molar-refractivity contribution in [3.63, 3.8) is 0 Å². The minimum Gasteiger partial charge on any atom is -0.397 e. The van der Waals surface area contributed by atoms with E-state index in [4.69, 9.17) is 17.3 Å². The molecule has 2 atom stereocenters. The Morgan fingerprint density at radius 1 is 1.19 bits per heavy atom. The maximum absolute atomic E-state index is 6.03. The largest absolute Gasteiger partial charge is 0.397 e. The predicted molar refractivity (Wildman–Crippen MR) is 68.9 cm³/mol. The van der Waals surface area contributed by atoms with Crippen LogP contribution in [0.4, 0.5) is 11.4 Å². The molecule has 2 aliphatic rings. The van der Waals surface area contributed by atoms with Crippen molar-refractivity contribution in [1.29, 1.82) is 0 Å². The molecule has 2 fully saturated rings. The maximum atomic E-state index is 6.03. The molecule has 3 rings (SSSR count). The fraction of sp³-hybridized carbons (Fsp3) is 0.538. The van der Waals surface area contributed by atoms with Gasteiger partial charge in [0, 0.05) is 18.1 Å². The van der Waals surface area contributed by atoms with Crippen LogP contribution in [0.3, 0.4) is 0 Å². The predicted octanol–water partition coefficient (Wildman–Crippen LogP) is 3.16. The molecule has 2 unspecified atom stereocenters. The van der Waals surface area contributed by atoms with Gasteiger partial charge >= 0.3 is 0 Å². The molecule has 0 bridgehead atoms. The highest BCUT2D eigenvalue weighted by molar-refractivity contribution is 6.31. The molecule has 16 heavy (non-hydrogen) atoms. The van der Waals surface area contributed by atoms with Crippen LogP contribution in [0.25, 0.3) is 0 Å². The van der Waals surface area contributed by atoms with Gasteiger partial charge in [0.05, 0.1) is 11.4 Å². The summed E-state index contributed by atoms with van der Waals surface area (Å²) in [4.78, 5) is 2.41. The van der Waals surface area contributed by atoms with E-state index in [-0.39, 0.29) is 0 Å². The Hall–Kier alpha value is -0.890. The number of nitrogen functional groups attached to an aromatic ring is 1. The number of nitrogens with two attached hydrogens (primary N) is 1. The molecule has 1 aliphatic heterocycles. The lowest BCUT2D eigenvalue weighted by Gasteiger charge is -2.21. The summed E-state index contributed by atoms with van der Waals surface area (Å²) in [5, 5.41) is 0.779. The maximum Gasteiger partial charge on any atom is 0.0615 e. The Kier molecular flexibility index (Phi) is 2.47. The van der Waals surface area contributed by atoms with Crippen LogP contribution in [-0.4, -0.2) is 13.1 Å². The molecule has 1 heterocycles. The Morgan fingerprint density at radius 3 is 2.56 bits per heavy atom. The van der Waals surface area contributed by atoms with Gasteiger partial charge in [0.25, 0.3) is 0 Å². The van der Waals surface area contributed by atoms with Gasteiger partial charge in [-0.15, -0.1) is 0 Å². The highest BCUT2D eigenvalue weighted by atomic mass is 35.5. The SMILES string of the molecule is Nc1ccc(Cl)cc1N1CC2CCCC2C1. The van der Waals surface area contributed by atoms with Crippen molar-refractivity contribution < 1.29 is 0 Å². The molecule has 0 amide bonds. The summed E-state index contributed by atoms with van der Waals surface area (Å²) in [6.07, 6.45) is 4.19. The average molecular weight is 237 g/mol. The number of hydrogen-bond donors (Lipinski definition) is 1. The van der Waals surface area contributed by atoms with Crippen molar-refractivity contribution in [2.75, 3.05) is 23.7 Å². The van der Waals surface area contributed by atoms with Gasteiger partial charge in [-0.2, -0.15) is 0 Å². The molecule has 1 aliphatic carbocycles. The summed E-state index contributed by atoms with van der Waals surface area (Å²) in [7, 11) is 0. The fourth-order valence-electron chi connectivity index (χ4n) is 3.22. The van der Waals surface area contributed by atoms with Crippen LogP contribution in [0.15, 0.2) is 18.2 Å². The summed E-state index contributed by atoms with van der Waals surface area (Å²) in [6.45, 7) is 2.32. The Balaban J connectivity index is 1.85. The first kappa shape index (κ1) is 10.3. The van der Waals surface area contributed by atoms with E-state index in [0.29, 0.717) is 0 Å². The van der Waals surface area contributed by atoms with E-state index in [1.165, 1.54) is 19.3 Å². The van der Waals surface area contributed by atoms with Crippen LogP contribution in [0.5, 0.6) is 0 Å². The molecule has 1 aromatic rings. The van der Waals surface area contributed by atoms with Crippen molar-refractivity contribution >= 4 is 23.0 Å². The zero-order valence-electron chi connectivity index (χ0n) is 9.32. The van der Waals surface area contributed by atoms with Crippen LogP contribution in [-0.2, 0) is 0 Å². The third-order valence-corrected chi connectivity index (χ3v) is 4.29. The van der Waals surface area contributed by atoms with Crippen LogP contribution < -0.4 is 10.6 Å². The van der Waals surface area contributed by atoms with E-state index in [9.17, 15) is 0 Å². The fourth-order valence-corrected chi connectivity index (χ4v) is 3.39. The Bertz CT molecular complexity index is 393. The van der Waals surface area contributed by atoms with Crippen LogP contribution >= 0.6 is 11.6 Å². The number of nitrogens with zero attached hydrogens (tertiary/aromatic N) is 1. The lowest BCUT2D eigenvalue weighted by atomic mass is 10.0. The van der Waals surface area contributed by atoms with Gasteiger partial charge in [-0.25, -0.2) is 0 Å². The average Bonchev–Trinajstić information content (AvgIpc) is 2.81. The molecule has 0 aromatic heterocycles. The number of hydrogen-bond acceptors (Lipinski definition) is 2. The van der Waals surface area contributed by atoms with Gasteiger partial charge in [0.2, 0.25) is 0 Å². The summed E-state index contributed by atoms with van der Waals surface area (Å²) in [5.74, 6) is 1.77. The first-order valence-electron chi connectivity index (χ1n) is 6.04. The number of benzene rings is 1. The topological polar surface area (TPSA) is 29.3 Å². The number of rotatable bonds is 1. The van der Waals surface area contributed by atoms with Crippen molar-refractivity contribution in [2.45, 2.75) is 19.3 Å². The summed E-state index contributed by atoms with van der Waals surface area (Å²) < 4.78 is 0. The molecule has 1 saturated carbocycles. The number of anilines is 2. The van der Waals surface area contributed by atoms with Gasteiger partial charge in [-0.05, 0) is 42.9 Å². The zero-order valence-corrected chi connectivity index (χ0v) is 10.1. The van der Waals surface area contributed by atoms with Gasteiger partial charge < -0.3 is 10.6 Å². The summed E-state index contributed by atoms with van der Waals surface area (Å²) >= 11 is 6.03. The zero-order chi connectivity index (χ0) is 11.1. The third kappa shape index (κ3) is 1.65. The quantitative estimate of drug-likeness (QED) is 0.759. The van der Waals surface area contributed by atoms with Gasteiger partial charge in [-0.1, -0.05) is 18.0 Å². The van der Waals surface area contributed by atoms with Gasteiger partial charge in [0.15, 0.2) is 0 Å². The standard InChI is InChI=1S/C13H17ClN2/c14-11-4-5-12(15)13(6-11)16-7-9-2-1-3-10(9)8-16/h4-6,9-10H,1-3,7-8,15H2. The van der Waals surface area contributed by atoms with Crippen molar-refractivity contribution in [1.82, 2.24) is 0 Å². The minimum atomic E-state index is 0.779. The Labute approximate surface area is 101 Å². The molecule has 0 radical (unpaired) electrons. The molecule has 3 heteroatoms. The summed E-state index contributed by atoms with van der Waals surface area (Å²) in [6, 6.07) is 5.76. The molecule has 2 nitrogen and oxygen atoms in total. The lowest BCUT2D eigenvalue weighted by Crippen LogP contribution is -2.21. The van der Waals surface area contributed by atoms with E-state index in [1.807, 2.05) is 18.2 Å². The van der Waals surface area contributed by atoms with E-state index >= 15 is 0 Å². The lowest BCUT2D eigenvalue weighted by molar-refractivity contribution is 0.494. The second kappa shape index (κ2) is 3.85. The third-order valence-electron chi connectivity index (χ3n) is 4.06. The molecule has 1 aromatic carbocycles. The first-order chi connectivity index (χ1) is 7.74. The van der Waals surface area contributed by atoms with Crippen LogP contribution in [0.2, 0.25) is 5.02 Å². The number of halogens is 1. The number of fused-ring (bicyclic) bond motifs is 1. The van der Waals surface area contributed by atoms with Gasteiger partial charge in [-0.3, -0.25) is 0 Å². The van der Waals surface area contributed by atoms with Crippen molar-refractivity contribution in [3.05, 3.63) is 23.2 Å². The molecule has 0 spiro atoms. The highest BCUT2D eigenvalue weighted by Gasteiger charge is 2.36. The summed E-state index contributed by atoms with van der Waals surface area (Å²) in [5.41, 5.74) is 8.00. The van der Waals surface area contributed by atoms with Crippen LogP contribution in [0, 0.1) is 11.8 Å². The molecule has 2 N–H and O–H groups in total. The monoisotopic (exact) mass is 236 g/mol. The smallest absolute Gasteiger partial charge is 0.0615 e. The normalized spacial score (nSPS) is 28.4. The van der Waals surface area contributed by atoms with Crippen molar-refractivity contribution in [3.8, 4) is 0 Å². The van der Waals surface area contributed by atoms with E-state index in [1.54, 1.807) is 0 Å².